The molecule has 29 heavy (non-hydrogen) atoms. The average molecular weight is 410 g/mol. The number of para-hydroxylation sites is 1. The molecule has 0 amide bonds. The van der Waals surface area contributed by atoms with Gasteiger partial charge in [-0.3, -0.25) is 4.90 Å². The molecule has 0 aliphatic carbocycles. The molecule has 4 rings (SSSR count). The van der Waals surface area contributed by atoms with E-state index < -0.39 is 0 Å². The second kappa shape index (κ2) is 10.4. The standard InChI is InChI=1S/C25H27NO2.ClH/c27-24-18-26(17-20-9-3-1-4-10-20)16-15-22(24)23-13-7-8-14-25(23)28-19-21-11-5-2-6-12-21;/h1-14,22,24,27H,15-19H2;1H. The third-order valence-electron chi connectivity index (χ3n) is 5.47. The summed E-state index contributed by atoms with van der Waals surface area (Å²) in [5, 5.41) is 10.9. The van der Waals surface area contributed by atoms with Gasteiger partial charge < -0.3 is 9.84 Å². The number of rotatable bonds is 6. The molecule has 1 N–H and O–H groups in total. The Kier molecular flexibility index (Phi) is 7.70. The molecule has 1 heterocycles. The quantitative estimate of drug-likeness (QED) is 0.619. The molecular weight excluding hydrogens is 382 g/mol. The van der Waals surface area contributed by atoms with Gasteiger partial charge in [0, 0.05) is 19.0 Å². The van der Waals surface area contributed by atoms with Gasteiger partial charge >= 0.3 is 0 Å². The van der Waals surface area contributed by atoms with E-state index in [0.29, 0.717) is 13.2 Å². The van der Waals surface area contributed by atoms with Crippen LogP contribution in [0.3, 0.4) is 0 Å². The molecule has 2 unspecified atom stereocenters. The van der Waals surface area contributed by atoms with Crippen LogP contribution >= 0.6 is 12.4 Å². The SMILES string of the molecule is Cl.OC1CN(Cc2ccccc2)CCC1c1ccccc1OCc1ccccc1. The van der Waals surface area contributed by atoms with Crippen molar-refractivity contribution in [3.63, 3.8) is 0 Å². The maximum Gasteiger partial charge on any atom is 0.123 e. The van der Waals surface area contributed by atoms with E-state index >= 15 is 0 Å². The van der Waals surface area contributed by atoms with Crippen LogP contribution in [0.25, 0.3) is 0 Å². The van der Waals surface area contributed by atoms with E-state index in [1.807, 2.05) is 42.5 Å². The highest BCUT2D eigenvalue weighted by Crippen LogP contribution is 2.35. The molecule has 1 aliphatic rings. The van der Waals surface area contributed by atoms with Crippen molar-refractivity contribution in [2.24, 2.45) is 0 Å². The van der Waals surface area contributed by atoms with Gasteiger partial charge in [0.25, 0.3) is 0 Å². The van der Waals surface area contributed by atoms with Crippen LogP contribution in [-0.4, -0.2) is 29.2 Å². The number of likely N-dealkylation sites (tertiary alicyclic amines) is 1. The summed E-state index contributed by atoms with van der Waals surface area (Å²) in [4.78, 5) is 2.34. The number of ether oxygens (including phenoxy) is 1. The molecule has 2 atom stereocenters. The van der Waals surface area contributed by atoms with Gasteiger partial charge in [0.1, 0.15) is 12.4 Å². The lowest BCUT2D eigenvalue weighted by Gasteiger charge is -2.36. The topological polar surface area (TPSA) is 32.7 Å². The van der Waals surface area contributed by atoms with Gasteiger partial charge in [-0.1, -0.05) is 78.9 Å². The number of β-amino-alcohol motifs (C(OH)–C–C–N with tert-alkyl or cyclic N) is 1. The monoisotopic (exact) mass is 409 g/mol. The zero-order valence-electron chi connectivity index (χ0n) is 16.5. The van der Waals surface area contributed by atoms with Crippen molar-refractivity contribution in [1.29, 1.82) is 0 Å². The predicted octanol–water partition coefficient (Wildman–Crippen LogP) is 5.04. The minimum atomic E-state index is -0.390. The minimum Gasteiger partial charge on any atom is -0.489 e. The van der Waals surface area contributed by atoms with Crippen molar-refractivity contribution in [2.45, 2.75) is 31.6 Å². The first kappa shape index (κ1) is 21.4. The Bertz CT molecular complexity index is 872. The first-order valence-electron chi connectivity index (χ1n) is 9.99. The van der Waals surface area contributed by atoms with Gasteiger partial charge in [0.2, 0.25) is 0 Å². The van der Waals surface area contributed by atoms with E-state index in [9.17, 15) is 5.11 Å². The smallest absolute Gasteiger partial charge is 0.123 e. The Hall–Kier alpha value is -2.33. The Morgan fingerprint density at radius 1 is 0.828 bits per heavy atom. The lowest BCUT2D eigenvalue weighted by molar-refractivity contribution is 0.0466. The van der Waals surface area contributed by atoms with Crippen LogP contribution in [0.4, 0.5) is 0 Å². The molecular formula is C25H28ClNO2. The molecule has 1 saturated heterocycles. The van der Waals surface area contributed by atoms with Gasteiger partial charge in [-0.2, -0.15) is 0 Å². The number of nitrogens with zero attached hydrogens (tertiary/aromatic N) is 1. The second-order valence-corrected chi connectivity index (χ2v) is 7.50. The van der Waals surface area contributed by atoms with Crippen LogP contribution in [0.1, 0.15) is 29.0 Å². The zero-order valence-corrected chi connectivity index (χ0v) is 17.3. The summed E-state index contributed by atoms with van der Waals surface area (Å²) in [7, 11) is 0. The molecule has 152 valence electrons. The van der Waals surface area contributed by atoms with Gasteiger partial charge in [0.05, 0.1) is 6.10 Å². The number of aliphatic hydroxyl groups is 1. The third kappa shape index (κ3) is 5.60. The molecule has 0 saturated carbocycles. The number of benzene rings is 3. The first-order chi connectivity index (χ1) is 13.8. The van der Waals surface area contributed by atoms with Crippen LogP contribution in [0, 0.1) is 0 Å². The molecule has 3 nitrogen and oxygen atoms in total. The van der Waals surface area contributed by atoms with E-state index in [0.717, 1.165) is 36.4 Å². The molecule has 0 aromatic heterocycles. The van der Waals surface area contributed by atoms with E-state index in [1.165, 1.54) is 5.56 Å². The van der Waals surface area contributed by atoms with Crippen LogP contribution in [-0.2, 0) is 13.2 Å². The molecule has 1 fully saturated rings. The molecule has 3 aromatic carbocycles. The Morgan fingerprint density at radius 3 is 2.14 bits per heavy atom. The van der Waals surface area contributed by atoms with Crippen molar-refractivity contribution < 1.29 is 9.84 Å². The summed E-state index contributed by atoms with van der Waals surface area (Å²) < 4.78 is 6.12. The molecule has 0 spiro atoms. The lowest BCUT2D eigenvalue weighted by atomic mass is 9.86. The minimum absolute atomic E-state index is 0. The molecule has 1 aliphatic heterocycles. The third-order valence-corrected chi connectivity index (χ3v) is 5.47. The van der Waals surface area contributed by atoms with E-state index in [-0.39, 0.29) is 24.4 Å². The maximum absolute atomic E-state index is 10.9. The fourth-order valence-electron chi connectivity index (χ4n) is 4.00. The predicted molar refractivity (Wildman–Crippen MR) is 120 cm³/mol. The zero-order chi connectivity index (χ0) is 19.2. The maximum atomic E-state index is 10.9. The second-order valence-electron chi connectivity index (χ2n) is 7.50. The van der Waals surface area contributed by atoms with Crippen LogP contribution < -0.4 is 4.74 Å². The number of hydrogen-bond acceptors (Lipinski definition) is 3. The van der Waals surface area contributed by atoms with Crippen molar-refractivity contribution in [1.82, 2.24) is 4.90 Å². The summed E-state index contributed by atoms with van der Waals surface area (Å²) in [6, 6.07) is 28.8. The molecule has 3 aromatic rings. The summed E-state index contributed by atoms with van der Waals surface area (Å²) >= 11 is 0. The summed E-state index contributed by atoms with van der Waals surface area (Å²) in [6.07, 6.45) is 0.540. The first-order valence-corrected chi connectivity index (χ1v) is 9.99. The Balaban J connectivity index is 0.00000240. The Labute approximate surface area is 179 Å². The highest BCUT2D eigenvalue weighted by molar-refractivity contribution is 5.85. The Morgan fingerprint density at radius 2 is 1.45 bits per heavy atom. The number of aliphatic hydroxyl groups excluding tert-OH is 1. The molecule has 4 heteroatoms. The summed E-state index contributed by atoms with van der Waals surface area (Å²) in [6.45, 7) is 3.09. The van der Waals surface area contributed by atoms with Crippen LogP contribution in [0.2, 0.25) is 0 Å². The average Bonchev–Trinajstić information content (AvgIpc) is 2.74. The fourth-order valence-corrected chi connectivity index (χ4v) is 4.00. The highest BCUT2D eigenvalue weighted by atomic mass is 35.5. The van der Waals surface area contributed by atoms with Gasteiger partial charge in [-0.15, -0.1) is 12.4 Å². The van der Waals surface area contributed by atoms with Crippen LogP contribution in [0.5, 0.6) is 5.75 Å². The largest absolute Gasteiger partial charge is 0.489 e. The van der Waals surface area contributed by atoms with E-state index in [1.54, 1.807) is 0 Å². The number of hydrogen-bond donors (Lipinski definition) is 1. The van der Waals surface area contributed by atoms with Crippen molar-refractivity contribution in [3.8, 4) is 5.75 Å². The summed E-state index contributed by atoms with van der Waals surface area (Å²) in [5.41, 5.74) is 3.56. The van der Waals surface area contributed by atoms with E-state index in [4.69, 9.17) is 4.74 Å². The van der Waals surface area contributed by atoms with Crippen LogP contribution in [0.15, 0.2) is 84.9 Å². The number of halogens is 1. The summed E-state index contributed by atoms with van der Waals surface area (Å²) in [5.74, 6) is 0.992. The highest BCUT2D eigenvalue weighted by Gasteiger charge is 2.30. The van der Waals surface area contributed by atoms with Gasteiger partial charge in [-0.05, 0) is 35.7 Å². The van der Waals surface area contributed by atoms with Crippen molar-refractivity contribution in [2.75, 3.05) is 13.1 Å². The number of piperidine rings is 1. The normalized spacial score (nSPS) is 19.3. The molecule has 0 bridgehead atoms. The van der Waals surface area contributed by atoms with Gasteiger partial charge in [0.15, 0.2) is 0 Å². The van der Waals surface area contributed by atoms with Gasteiger partial charge in [-0.25, -0.2) is 0 Å². The van der Waals surface area contributed by atoms with Crippen molar-refractivity contribution >= 4 is 12.4 Å². The fraction of sp³-hybridized carbons (Fsp3) is 0.280. The lowest BCUT2D eigenvalue weighted by Crippen LogP contribution is -2.42. The van der Waals surface area contributed by atoms with Crippen molar-refractivity contribution in [3.05, 3.63) is 102 Å². The van der Waals surface area contributed by atoms with E-state index in [2.05, 4.69) is 47.4 Å². The molecule has 0 radical (unpaired) electrons.